The van der Waals surface area contributed by atoms with E-state index in [1.165, 1.54) is 0 Å². The van der Waals surface area contributed by atoms with E-state index < -0.39 is 60.0 Å². The molecule has 1 aromatic carbocycles. The van der Waals surface area contributed by atoms with Gasteiger partial charge in [-0.3, -0.25) is 28.8 Å². The van der Waals surface area contributed by atoms with E-state index in [-0.39, 0.29) is 24.4 Å². The molecule has 0 spiro atoms. The van der Waals surface area contributed by atoms with Crippen LogP contribution in [-0.4, -0.2) is 145 Å². The Hall–Kier alpha value is -4.20. The molecule has 12 N–H and O–H groups in total. The summed E-state index contributed by atoms with van der Waals surface area (Å²) in [7, 11) is 9.85. The van der Waals surface area contributed by atoms with E-state index in [4.69, 9.17) is 30.6 Å². The first-order valence-corrected chi connectivity index (χ1v) is 18.0. The monoisotopic (exact) mass is 793 g/mol. The number of rotatable bonds is 20. The smallest absolute Gasteiger partial charge is 0.321 e. The highest BCUT2D eigenvalue weighted by Gasteiger charge is 2.20. The maximum absolute atomic E-state index is 10.7. The van der Waals surface area contributed by atoms with Crippen LogP contribution < -0.4 is 31.9 Å². The zero-order valence-corrected chi connectivity index (χ0v) is 34.8. The summed E-state index contributed by atoms with van der Waals surface area (Å²) in [6.45, 7) is 11.3. The van der Waals surface area contributed by atoms with Gasteiger partial charge >= 0.3 is 35.8 Å². The molecule has 18 heteroatoms. The Morgan fingerprint density at radius 1 is 0.582 bits per heavy atom. The lowest BCUT2D eigenvalue weighted by Gasteiger charge is -2.16. The van der Waals surface area contributed by atoms with Gasteiger partial charge < -0.3 is 62.5 Å². The summed E-state index contributed by atoms with van der Waals surface area (Å²) in [5.41, 5.74) is 1.03. The highest BCUT2D eigenvalue weighted by Crippen LogP contribution is 2.06. The Balaban J connectivity index is -0.000000185. The summed E-state index contributed by atoms with van der Waals surface area (Å²) in [5.74, 6) is -4.42. The number of likely N-dealkylation sites (N-methyl/N-ethyl adjacent to an activating group) is 6. The third kappa shape index (κ3) is 37.9. The predicted octanol–water partition coefficient (Wildman–Crippen LogP) is 1.74. The molecule has 0 amide bonds. The van der Waals surface area contributed by atoms with Gasteiger partial charge in [0.15, 0.2) is 0 Å². The van der Waals surface area contributed by atoms with Crippen molar-refractivity contribution in [3.8, 4) is 0 Å². The molecule has 0 bridgehead atoms. The Labute approximate surface area is 327 Å². The molecule has 0 unspecified atom stereocenters. The van der Waals surface area contributed by atoms with Crippen molar-refractivity contribution in [1.82, 2.24) is 31.9 Å². The summed E-state index contributed by atoms with van der Waals surface area (Å²) in [4.78, 5) is 61.2. The topological polar surface area (TPSA) is 296 Å². The molecule has 0 saturated heterocycles. The van der Waals surface area contributed by atoms with Gasteiger partial charge in [-0.2, -0.15) is 0 Å². The highest BCUT2D eigenvalue weighted by molar-refractivity contribution is 5.75. The van der Waals surface area contributed by atoms with Crippen molar-refractivity contribution >= 4 is 35.8 Å². The van der Waals surface area contributed by atoms with Crippen LogP contribution in [0.1, 0.15) is 72.8 Å². The molecular weight excluding hydrogens is 720 g/mol. The fourth-order valence-electron chi connectivity index (χ4n) is 3.87. The van der Waals surface area contributed by atoms with Crippen molar-refractivity contribution in [3.05, 3.63) is 35.9 Å². The average Bonchev–Trinajstić information content (AvgIpc) is 3.12. The van der Waals surface area contributed by atoms with Gasteiger partial charge in [0.1, 0.15) is 30.2 Å². The molecule has 0 aromatic heterocycles. The molecule has 0 aliphatic heterocycles. The lowest BCUT2D eigenvalue weighted by molar-refractivity contribution is -0.141. The Morgan fingerprint density at radius 3 is 1.22 bits per heavy atom. The van der Waals surface area contributed by atoms with Crippen LogP contribution in [0, 0.1) is 11.8 Å². The summed E-state index contributed by atoms with van der Waals surface area (Å²) in [6, 6.07) is 7.48. The predicted molar refractivity (Wildman–Crippen MR) is 214 cm³/mol. The molecule has 0 aliphatic carbocycles. The fraction of sp³-hybridized carbons (Fsp3) is 0.676. The van der Waals surface area contributed by atoms with Gasteiger partial charge in [0.25, 0.3) is 0 Å². The largest absolute Gasteiger partial charge is 0.480 e. The van der Waals surface area contributed by atoms with Crippen molar-refractivity contribution < 1.29 is 59.4 Å². The summed E-state index contributed by atoms with van der Waals surface area (Å²) in [5, 5.41) is 66.3. The second-order valence-corrected chi connectivity index (χ2v) is 12.3. The van der Waals surface area contributed by atoms with Crippen LogP contribution in [0.3, 0.4) is 0 Å². The number of hydrogen-bond acceptors (Lipinski definition) is 12. The fourth-order valence-corrected chi connectivity index (χ4v) is 3.87. The van der Waals surface area contributed by atoms with Crippen LogP contribution in [0.4, 0.5) is 0 Å². The number of carboxylic acid groups (broad SMARTS) is 6. The molecular formula is C37H72N6O12. The third-order valence-electron chi connectivity index (χ3n) is 7.59. The van der Waals surface area contributed by atoms with Gasteiger partial charge in [0, 0.05) is 0 Å². The first-order valence-electron chi connectivity index (χ1n) is 18.0. The minimum Gasteiger partial charge on any atom is -0.480 e. The van der Waals surface area contributed by atoms with Gasteiger partial charge in [0.05, 0.1) is 6.54 Å². The number of carbonyl (C=O) groups is 6. The van der Waals surface area contributed by atoms with E-state index in [9.17, 15) is 28.8 Å². The van der Waals surface area contributed by atoms with Crippen molar-refractivity contribution in [1.29, 1.82) is 0 Å². The molecule has 18 nitrogen and oxygen atoms in total. The van der Waals surface area contributed by atoms with Crippen molar-refractivity contribution in [2.45, 2.75) is 104 Å². The van der Waals surface area contributed by atoms with E-state index in [1.807, 2.05) is 58.0 Å². The van der Waals surface area contributed by atoms with Crippen LogP contribution >= 0.6 is 0 Å². The van der Waals surface area contributed by atoms with Crippen molar-refractivity contribution in [2.75, 3.05) is 48.8 Å². The first kappa shape index (κ1) is 60.1. The minimum atomic E-state index is -0.822. The molecule has 0 heterocycles. The average molecular weight is 793 g/mol. The zero-order valence-electron chi connectivity index (χ0n) is 34.8. The number of nitrogens with one attached hydrogen (secondary N) is 6. The van der Waals surface area contributed by atoms with Gasteiger partial charge in [-0.15, -0.1) is 0 Å². The molecule has 0 aliphatic rings. The second kappa shape index (κ2) is 39.5. The summed E-state index contributed by atoms with van der Waals surface area (Å²) in [6.07, 6.45) is 4.15. The Morgan fingerprint density at radius 2 is 1.04 bits per heavy atom. The molecule has 0 saturated carbocycles. The van der Waals surface area contributed by atoms with Crippen molar-refractivity contribution in [3.63, 3.8) is 0 Å². The zero-order chi connectivity index (χ0) is 44.1. The molecule has 322 valence electrons. The summed E-state index contributed by atoms with van der Waals surface area (Å²) < 4.78 is 0. The highest BCUT2D eigenvalue weighted by atomic mass is 16.4. The van der Waals surface area contributed by atoms with E-state index in [1.54, 1.807) is 49.2 Å². The maximum Gasteiger partial charge on any atom is 0.321 e. The third-order valence-corrected chi connectivity index (χ3v) is 7.59. The number of aliphatic carboxylic acids is 6. The van der Waals surface area contributed by atoms with Crippen molar-refractivity contribution in [2.24, 2.45) is 11.8 Å². The molecule has 1 aromatic rings. The number of hydrogen-bond donors (Lipinski definition) is 12. The maximum atomic E-state index is 10.7. The normalized spacial score (nSPS) is 13.1. The lowest BCUT2D eigenvalue weighted by Crippen LogP contribution is -2.39. The quantitative estimate of drug-likeness (QED) is 0.0895. The molecule has 0 radical (unpaired) electrons. The minimum absolute atomic E-state index is 0.0417. The Bertz CT molecular complexity index is 1140. The van der Waals surface area contributed by atoms with E-state index >= 15 is 0 Å². The van der Waals surface area contributed by atoms with E-state index in [2.05, 4.69) is 38.8 Å². The number of unbranched alkanes of at least 4 members (excludes halogenated alkanes) is 1. The molecule has 55 heavy (non-hydrogen) atoms. The van der Waals surface area contributed by atoms with Gasteiger partial charge in [0.2, 0.25) is 0 Å². The Kier molecular flexibility index (Phi) is 43.1. The lowest BCUT2D eigenvalue weighted by atomic mass is 10.00. The molecule has 1 rings (SSSR count). The van der Waals surface area contributed by atoms with Crippen LogP contribution in [-0.2, 0) is 35.2 Å². The standard InChI is InChI=1S/C10H13NO2.2C7H15NO2.C6H13NO2.C4H9NO2.C3H7NO2/c1-11-9(10(12)13)7-8-5-3-2-4-6-8;1-4-5(2)6(8-3)7(9)10;1-3-4-5-6(8-2)7(9)10;1-4(2)5(7-3)6(8)9;1-3(5-2)4(6)7;1-4-2-3(5)6/h2-6,9,11H,7H2,1H3,(H,12,13);5-6,8H,4H2,1-3H3,(H,9,10);6,8H,3-5H2,1-2H3,(H,9,10);4-5,7H,1-3H3,(H,8,9);3,5H,1-2H3,(H,6,7);4H,2H2,1H3,(H,5,6)/t9-;5-,6-;6-;5-;3-;/m00000./s1. The van der Waals surface area contributed by atoms with Gasteiger partial charge in [-0.1, -0.05) is 84.2 Å². The first-order chi connectivity index (χ1) is 25.6. The number of carboxylic acids is 6. The van der Waals surface area contributed by atoms with Crippen LogP contribution in [0.15, 0.2) is 30.3 Å². The number of benzene rings is 1. The molecule has 6 atom stereocenters. The van der Waals surface area contributed by atoms with Crippen LogP contribution in [0.2, 0.25) is 0 Å². The van der Waals surface area contributed by atoms with Gasteiger partial charge in [-0.05, 0) is 79.5 Å². The molecule has 0 fully saturated rings. The second-order valence-electron chi connectivity index (χ2n) is 12.3. The van der Waals surface area contributed by atoms with Gasteiger partial charge in [-0.25, -0.2) is 0 Å². The van der Waals surface area contributed by atoms with E-state index in [0.717, 1.165) is 31.2 Å². The SMILES string of the molecule is CCCC[C@H](NC)C(=O)O.CC[C@H](C)[C@H](NC)C(=O)O.CNCC(=O)O.CN[C@@H](C)C(=O)O.CN[C@@H](Cc1ccccc1)C(=O)O.CN[C@H](C(=O)O)C(C)C. The van der Waals surface area contributed by atoms with E-state index in [0.29, 0.717) is 6.42 Å². The van der Waals surface area contributed by atoms with Crippen LogP contribution in [0.5, 0.6) is 0 Å². The summed E-state index contributed by atoms with van der Waals surface area (Å²) >= 11 is 0. The van der Waals surface area contributed by atoms with Crippen LogP contribution in [0.25, 0.3) is 0 Å².